The van der Waals surface area contributed by atoms with Crippen LogP contribution >= 0.6 is 0 Å². The second kappa shape index (κ2) is 9.77. The summed E-state index contributed by atoms with van der Waals surface area (Å²) >= 11 is 0. The van der Waals surface area contributed by atoms with Gasteiger partial charge < -0.3 is 9.80 Å². The van der Waals surface area contributed by atoms with Gasteiger partial charge in [-0.25, -0.2) is 4.39 Å². The van der Waals surface area contributed by atoms with Crippen molar-refractivity contribution < 1.29 is 14.0 Å². The number of rotatable bonds is 6. The van der Waals surface area contributed by atoms with Gasteiger partial charge >= 0.3 is 0 Å². The van der Waals surface area contributed by atoms with Gasteiger partial charge in [-0.2, -0.15) is 0 Å². The number of carbonyl (C=O) groups is 2. The molecule has 0 saturated carbocycles. The standard InChI is InChI=1S/C27H27FN2O2/c1-2-26(31)30(18-21-7-11-24(28)12-8-21)25-13-9-20(10-14-25)17-27(32)29-16-15-22-5-3-4-6-23(22)19-29/h3-14H,2,15-19H2,1H3. The Morgan fingerprint density at radius 1 is 0.906 bits per heavy atom. The summed E-state index contributed by atoms with van der Waals surface area (Å²) in [6.07, 6.45) is 1.60. The number of carbonyl (C=O) groups excluding carboxylic acids is 2. The topological polar surface area (TPSA) is 40.6 Å². The number of hydrogen-bond donors (Lipinski definition) is 0. The molecule has 1 aliphatic heterocycles. The summed E-state index contributed by atoms with van der Waals surface area (Å²) in [5.41, 5.74) is 5.09. The molecule has 0 atom stereocenters. The van der Waals surface area contributed by atoms with E-state index in [-0.39, 0.29) is 17.6 Å². The number of hydrogen-bond acceptors (Lipinski definition) is 2. The first-order chi connectivity index (χ1) is 15.5. The number of benzene rings is 3. The molecule has 0 saturated heterocycles. The molecule has 1 heterocycles. The van der Waals surface area contributed by atoms with Crippen molar-refractivity contribution in [1.29, 1.82) is 0 Å². The van der Waals surface area contributed by atoms with Gasteiger partial charge in [0.1, 0.15) is 5.82 Å². The van der Waals surface area contributed by atoms with E-state index in [4.69, 9.17) is 0 Å². The molecular formula is C27H27FN2O2. The fourth-order valence-electron chi connectivity index (χ4n) is 4.08. The Kier molecular flexibility index (Phi) is 6.64. The monoisotopic (exact) mass is 430 g/mol. The molecule has 4 rings (SSSR count). The Labute approximate surface area is 188 Å². The molecule has 3 aromatic carbocycles. The minimum absolute atomic E-state index is 0.00914. The highest BCUT2D eigenvalue weighted by Crippen LogP contribution is 2.22. The summed E-state index contributed by atoms with van der Waals surface area (Å²) < 4.78 is 13.2. The third-order valence-electron chi connectivity index (χ3n) is 5.94. The SMILES string of the molecule is CCC(=O)N(Cc1ccc(F)cc1)c1ccc(CC(=O)N2CCc3ccccc3C2)cc1. The lowest BCUT2D eigenvalue weighted by Gasteiger charge is -2.29. The van der Waals surface area contributed by atoms with Crippen molar-refractivity contribution in [3.63, 3.8) is 0 Å². The molecule has 0 aromatic heterocycles. The zero-order valence-electron chi connectivity index (χ0n) is 18.3. The molecule has 0 radical (unpaired) electrons. The van der Waals surface area contributed by atoms with E-state index in [9.17, 15) is 14.0 Å². The first-order valence-corrected chi connectivity index (χ1v) is 11.0. The van der Waals surface area contributed by atoms with Crippen molar-refractivity contribution in [3.8, 4) is 0 Å². The van der Waals surface area contributed by atoms with Crippen LogP contribution in [0.2, 0.25) is 0 Å². The highest BCUT2D eigenvalue weighted by atomic mass is 19.1. The van der Waals surface area contributed by atoms with Crippen molar-refractivity contribution in [2.75, 3.05) is 11.4 Å². The predicted molar refractivity (Wildman–Crippen MR) is 124 cm³/mol. The minimum Gasteiger partial charge on any atom is -0.338 e. The molecule has 0 N–H and O–H groups in total. The second-order valence-electron chi connectivity index (χ2n) is 8.14. The highest BCUT2D eigenvalue weighted by Gasteiger charge is 2.21. The van der Waals surface area contributed by atoms with Gasteiger partial charge in [-0.1, -0.05) is 55.5 Å². The van der Waals surface area contributed by atoms with E-state index in [1.54, 1.807) is 17.0 Å². The lowest BCUT2D eigenvalue weighted by atomic mass is 9.99. The zero-order chi connectivity index (χ0) is 22.5. The Morgan fingerprint density at radius 2 is 1.56 bits per heavy atom. The second-order valence-corrected chi connectivity index (χ2v) is 8.14. The zero-order valence-corrected chi connectivity index (χ0v) is 18.3. The maximum Gasteiger partial charge on any atom is 0.227 e. The molecule has 0 fully saturated rings. The lowest BCUT2D eigenvalue weighted by molar-refractivity contribution is -0.131. The summed E-state index contributed by atoms with van der Waals surface area (Å²) in [6.45, 7) is 3.59. The molecule has 3 aromatic rings. The molecule has 4 nitrogen and oxygen atoms in total. The van der Waals surface area contributed by atoms with E-state index in [1.165, 1.54) is 23.3 Å². The smallest absolute Gasteiger partial charge is 0.227 e. The van der Waals surface area contributed by atoms with E-state index in [1.807, 2.05) is 48.2 Å². The van der Waals surface area contributed by atoms with Gasteiger partial charge in [0, 0.05) is 25.2 Å². The van der Waals surface area contributed by atoms with Crippen LogP contribution in [-0.2, 0) is 35.5 Å². The van der Waals surface area contributed by atoms with Crippen LogP contribution in [0.15, 0.2) is 72.8 Å². The van der Waals surface area contributed by atoms with Crippen molar-refractivity contribution in [3.05, 3.63) is 101 Å². The maximum absolute atomic E-state index is 13.2. The average molecular weight is 431 g/mol. The number of amides is 2. The third kappa shape index (κ3) is 5.05. The van der Waals surface area contributed by atoms with E-state index in [0.717, 1.165) is 29.8 Å². The Bertz CT molecular complexity index is 1090. The Morgan fingerprint density at radius 3 is 2.25 bits per heavy atom. The number of nitrogens with zero attached hydrogens (tertiary/aromatic N) is 2. The molecule has 32 heavy (non-hydrogen) atoms. The highest BCUT2D eigenvalue weighted by molar-refractivity contribution is 5.93. The van der Waals surface area contributed by atoms with Crippen LogP contribution in [0.3, 0.4) is 0 Å². The summed E-state index contributed by atoms with van der Waals surface area (Å²) in [5.74, 6) is -0.196. The van der Waals surface area contributed by atoms with E-state index < -0.39 is 0 Å². The van der Waals surface area contributed by atoms with Crippen LogP contribution in [-0.4, -0.2) is 23.3 Å². The van der Waals surface area contributed by atoms with Crippen molar-refractivity contribution in [2.45, 2.75) is 39.3 Å². The summed E-state index contributed by atoms with van der Waals surface area (Å²) in [6, 6.07) is 22.0. The maximum atomic E-state index is 13.2. The van der Waals surface area contributed by atoms with Crippen LogP contribution < -0.4 is 4.90 Å². The molecule has 0 aliphatic carbocycles. The van der Waals surface area contributed by atoms with Gasteiger partial charge in [0.2, 0.25) is 11.8 Å². The molecule has 164 valence electrons. The molecule has 0 bridgehead atoms. The number of fused-ring (bicyclic) bond motifs is 1. The van der Waals surface area contributed by atoms with E-state index in [0.29, 0.717) is 25.9 Å². The summed E-state index contributed by atoms with van der Waals surface area (Å²) in [5, 5.41) is 0. The van der Waals surface area contributed by atoms with Crippen LogP contribution in [0.5, 0.6) is 0 Å². The van der Waals surface area contributed by atoms with Crippen LogP contribution in [0.4, 0.5) is 10.1 Å². The Balaban J connectivity index is 1.43. The number of anilines is 1. The largest absolute Gasteiger partial charge is 0.338 e. The first kappa shape index (κ1) is 21.8. The molecule has 5 heteroatoms. The van der Waals surface area contributed by atoms with E-state index in [2.05, 4.69) is 12.1 Å². The van der Waals surface area contributed by atoms with Crippen molar-refractivity contribution >= 4 is 17.5 Å². The minimum atomic E-state index is -0.298. The van der Waals surface area contributed by atoms with Gasteiger partial charge in [0.25, 0.3) is 0 Å². The molecule has 2 amide bonds. The van der Waals surface area contributed by atoms with Gasteiger partial charge in [0.15, 0.2) is 0 Å². The molecule has 0 spiro atoms. The van der Waals surface area contributed by atoms with Crippen molar-refractivity contribution in [2.24, 2.45) is 0 Å². The van der Waals surface area contributed by atoms with Gasteiger partial charge in [-0.05, 0) is 52.9 Å². The Hall–Kier alpha value is -3.47. The van der Waals surface area contributed by atoms with Crippen LogP contribution in [0.1, 0.15) is 35.6 Å². The van der Waals surface area contributed by atoms with Gasteiger partial charge in [0.05, 0.1) is 13.0 Å². The quantitative estimate of drug-likeness (QED) is 0.558. The third-order valence-corrected chi connectivity index (χ3v) is 5.94. The molecular weight excluding hydrogens is 403 g/mol. The van der Waals surface area contributed by atoms with Crippen LogP contribution in [0.25, 0.3) is 0 Å². The van der Waals surface area contributed by atoms with E-state index >= 15 is 0 Å². The van der Waals surface area contributed by atoms with Gasteiger partial charge in [-0.15, -0.1) is 0 Å². The van der Waals surface area contributed by atoms with Crippen molar-refractivity contribution in [1.82, 2.24) is 4.90 Å². The molecule has 0 unspecified atom stereocenters. The van der Waals surface area contributed by atoms with Crippen LogP contribution in [0, 0.1) is 5.82 Å². The fraction of sp³-hybridized carbons (Fsp3) is 0.259. The normalized spacial score (nSPS) is 12.9. The summed E-state index contributed by atoms with van der Waals surface area (Å²) in [7, 11) is 0. The summed E-state index contributed by atoms with van der Waals surface area (Å²) in [4.78, 5) is 29.0. The molecule has 1 aliphatic rings. The fourth-order valence-corrected chi connectivity index (χ4v) is 4.08. The average Bonchev–Trinajstić information content (AvgIpc) is 2.83. The van der Waals surface area contributed by atoms with Gasteiger partial charge in [-0.3, -0.25) is 9.59 Å². The lowest BCUT2D eigenvalue weighted by Crippen LogP contribution is -2.36. The number of halogens is 1. The first-order valence-electron chi connectivity index (χ1n) is 11.0. The predicted octanol–water partition coefficient (Wildman–Crippen LogP) is 4.90.